The SMILES string of the molecule is Cc1cc(F)cc(-c2nnnn2C(CC(=O)O)C2CC2)c1. The van der Waals surface area contributed by atoms with E-state index in [4.69, 9.17) is 5.11 Å². The molecule has 0 radical (unpaired) electrons. The minimum Gasteiger partial charge on any atom is -0.481 e. The molecule has 0 saturated heterocycles. The molecule has 0 bridgehead atoms. The number of rotatable bonds is 5. The summed E-state index contributed by atoms with van der Waals surface area (Å²) in [5.41, 5.74) is 1.33. The van der Waals surface area contributed by atoms with Crippen molar-refractivity contribution in [2.75, 3.05) is 0 Å². The van der Waals surface area contributed by atoms with Gasteiger partial charge in [0.2, 0.25) is 0 Å². The number of tetrazole rings is 1. The Morgan fingerprint density at radius 1 is 1.48 bits per heavy atom. The summed E-state index contributed by atoms with van der Waals surface area (Å²) in [5.74, 6) is -0.557. The van der Waals surface area contributed by atoms with Gasteiger partial charge in [-0.15, -0.1) is 5.10 Å². The number of halogens is 1. The molecule has 0 aliphatic heterocycles. The number of nitrogens with zero attached hydrogens (tertiary/aromatic N) is 4. The smallest absolute Gasteiger partial charge is 0.305 e. The number of aromatic nitrogens is 4. The highest BCUT2D eigenvalue weighted by Crippen LogP contribution is 2.42. The molecule has 1 aliphatic rings. The highest BCUT2D eigenvalue weighted by molar-refractivity contribution is 5.67. The van der Waals surface area contributed by atoms with Gasteiger partial charge in [-0.1, -0.05) is 0 Å². The number of hydrogen-bond acceptors (Lipinski definition) is 4. The fourth-order valence-electron chi connectivity index (χ4n) is 2.59. The Bertz CT molecular complexity index is 661. The molecule has 110 valence electrons. The Balaban J connectivity index is 2.01. The molecule has 1 fully saturated rings. The van der Waals surface area contributed by atoms with Gasteiger partial charge in [0.15, 0.2) is 5.82 Å². The Morgan fingerprint density at radius 3 is 2.86 bits per heavy atom. The molecule has 1 aromatic carbocycles. The van der Waals surface area contributed by atoms with Gasteiger partial charge >= 0.3 is 5.97 Å². The van der Waals surface area contributed by atoms with Crippen LogP contribution >= 0.6 is 0 Å². The van der Waals surface area contributed by atoms with E-state index < -0.39 is 5.97 Å². The van der Waals surface area contributed by atoms with Gasteiger partial charge in [-0.3, -0.25) is 4.79 Å². The molecule has 21 heavy (non-hydrogen) atoms. The molecule has 3 rings (SSSR count). The summed E-state index contributed by atoms with van der Waals surface area (Å²) < 4.78 is 15.1. The van der Waals surface area contributed by atoms with Crippen LogP contribution in [0.1, 0.15) is 30.9 Å². The molecule has 7 heteroatoms. The Labute approximate surface area is 120 Å². The molecule has 2 aromatic rings. The molecule has 6 nitrogen and oxygen atoms in total. The highest BCUT2D eigenvalue weighted by atomic mass is 19.1. The third-order valence-corrected chi connectivity index (χ3v) is 3.66. The van der Waals surface area contributed by atoms with Crippen molar-refractivity contribution < 1.29 is 14.3 Å². The fraction of sp³-hybridized carbons (Fsp3) is 0.429. The summed E-state index contributed by atoms with van der Waals surface area (Å²) in [6, 6.07) is 4.29. The molecule has 1 unspecified atom stereocenters. The van der Waals surface area contributed by atoms with E-state index in [1.54, 1.807) is 13.0 Å². The third kappa shape index (κ3) is 2.91. The topological polar surface area (TPSA) is 80.9 Å². The van der Waals surface area contributed by atoms with Crippen molar-refractivity contribution in [1.29, 1.82) is 0 Å². The van der Waals surface area contributed by atoms with Crippen LogP contribution in [0.2, 0.25) is 0 Å². The zero-order valence-electron chi connectivity index (χ0n) is 11.5. The van der Waals surface area contributed by atoms with Crippen LogP contribution < -0.4 is 0 Å². The average molecular weight is 290 g/mol. The van der Waals surface area contributed by atoms with E-state index >= 15 is 0 Å². The molecule has 1 heterocycles. The van der Waals surface area contributed by atoms with Gasteiger partial charge in [0.1, 0.15) is 5.82 Å². The molecule has 1 aromatic heterocycles. The lowest BCUT2D eigenvalue weighted by Gasteiger charge is -2.15. The molecule has 1 atom stereocenters. The lowest BCUT2D eigenvalue weighted by atomic mass is 10.1. The van der Waals surface area contributed by atoms with Crippen LogP contribution in [0.4, 0.5) is 4.39 Å². The second kappa shape index (κ2) is 5.23. The van der Waals surface area contributed by atoms with Gasteiger partial charge in [-0.25, -0.2) is 9.07 Å². The van der Waals surface area contributed by atoms with Crippen molar-refractivity contribution in [2.45, 2.75) is 32.2 Å². The number of aliphatic carboxylic acids is 1. The quantitative estimate of drug-likeness (QED) is 0.913. The Kier molecular flexibility index (Phi) is 3.40. The van der Waals surface area contributed by atoms with E-state index in [-0.39, 0.29) is 24.2 Å². The van der Waals surface area contributed by atoms with Gasteiger partial charge in [-0.05, 0) is 59.9 Å². The fourth-order valence-corrected chi connectivity index (χ4v) is 2.59. The van der Waals surface area contributed by atoms with Gasteiger partial charge in [-0.2, -0.15) is 0 Å². The van der Waals surface area contributed by atoms with Crippen molar-refractivity contribution in [3.63, 3.8) is 0 Å². The van der Waals surface area contributed by atoms with Crippen molar-refractivity contribution in [3.05, 3.63) is 29.6 Å². The molecule has 0 spiro atoms. The number of carbonyl (C=O) groups is 1. The first-order chi connectivity index (χ1) is 10.0. The summed E-state index contributed by atoms with van der Waals surface area (Å²) >= 11 is 0. The largest absolute Gasteiger partial charge is 0.481 e. The molecular formula is C14H15FN4O2. The summed E-state index contributed by atoms with van der Waals surface area (Å²) in [6.45, 7) is 1.79. The van der Waals surface area contributed by atoms with Crippen molar-refractivity contribution in [3.8, 4) is 11.4 Å². The van der Waals surface area contributed by atoms with Crippen molar-refractivity contribution in [1.82, 2.24) is 20.2 Å². The Morgan fingerprint density at radius 2 is 2.24 bits per heavy atom. The molecule has 1 N–H and O–H groups in total. The van der Waals surface area contributed by atoms with Crippen LogP contribution in [0.5, 0.6) is 0 Å². The maximum atomic E-state index is 13.6. The summed E-state index contributed by atoms with van der Waals surface area (Å²) in [4.78, 5) is 11.1. The van der Waals surface area contributed by atoms with Gasteiger partial charge in [0, 0.05) is 5.56 Å². The maximum Gasteiger partial charge on any atom is 0.305 e. The van der Waals surface area contributed by atoms with E-state index in [0.717, 1.165) is 18.4 Å². The van der Waals surface area contributed by atoms with Crippen LogP contribution in [0, 0.1) is 18.7 Å². The van der Waals surface area contributed by atoms with E-state index in [0.29, 0.717) is 11.4 Å². The zero-order valence-corrected chi connectivity index (χ0v) is 11.5. The molecular weight excluding hydrogens is 275 g/mol. The van der Waals surface area contributed by atoms with Crippen molar-refractivity contribution >= 4 is 5.97 Å². The second-order valence-electron chi connectivity index (χ2n) is 5.47. The third-order valence-electron chi connectivity index (χ3n) is 3.66. The normalized spacial score (nSPS) is 15.9. The van der Waals surface area contributed by atoms with E-state index in [1.165, 1.54) is 16.8 Å². The number of carboxylic acids is 1. The number of aryl methyl sites for hydroxylation is 1. The highest BCUT2D eigenvalue weighted by Gasteiger charge is 2.36. The second-order valence-corrected chi connectivity index (χ2v) is 5.47. The lowest BCUT2D eigenvalue weighted by Crippen LogP contribution is -2.18. The first-order valence-electron chi connectivity index (χ1n) is 6.82. The maximum absolute atomic E-state index is 13.6. The van der Waals surface area contributed by atoms with Crippen molar-refractivity contribution in [2.24, 2.45) is 5.92 Å². The van der Waals surface area contributed by atoms with E-state index in [9.17, 15) is 9.18 Å². The zero-order chi connectivity index (χ0) is 15.0. The summed E-state index contributed by atoms with van der Waals surface area (Å²) in [5, 5.41) is 20.6. The minimum atomic E-state index is -0.885. The number of hydrogen-bond donors (Lipinski definition) is 1. The summed E-state index contributed by atoms with van der Waals surface area (Å²) in [6.07, 6.45) is 1.91. The van der Waals surface area contributed by atoms with Gasteiger partial charge < -0.3 is 5.11 Å². The first-order valence-corrected chi connectivity index (χ1v) is 6.82. The van der Waals surface area contributed by atoms with Gasteiger partial charge in [0.25, 0.3) is 0 Å². The van der Waals surface area contributed by atoms with E-state index in [1.807, 2.05) is 0 Å². The van der Waals surface area contributed by atoms with Gasteiger partial charge in [0.05, 0.1) is 12.5 Å². The van der Waals surface area contributed by atoms with Crippen LogP contribution in [0.25, 0.3) is 11.4 Å². The van der Waals surface area contributed by atoms with Crippen LogP contribution in [-0.4, -0.2) is 31.3 Å². The monoisotopic (exact) mass is 290 g/mol. The van der Waals surface area contributed by atoms with Crippen LogP contribution in [0.15, 0.2) is 18.2 Å². The minimum absolute atomic E-state index is 0.0307. The summed E-state index contributed by atoms with van der Waals surface area (Å²) in [7, 11) is 0. The predicted molar refractivity (Wildman–Crippen MR) is 72.0 cm³/mol. The first kappa shape index (κ1) is 13.7. The number of carboxylic acid groups (broad SMARTS) is 1. The molecule has 1 saturated carbocycles. The standard InChI is InChI=1S/C14H15FN4O2/c1-8-4-10(6-11(15)5-8)14-16-17-18-19(14)12(7-13(20)21)9-2-3-9/h4-6,9,12H,2-3,7H2,1H3,(H,20,21). The molecule has 1 aliphatic carbocycles. The average Bonchev–Trinajstić information content (AvgIpc) is 3.11. The molecule has 0 amide bonds. The Hall–Kier alpha value is -2.31. The van der Waals surface area contributed by atoms with Crippen LogP contribution in [-0.2, 0) is 4.79 Å². The predicted octanol–water partition coefficient (Wildman–Crippen LogP) is 2.21. The van der Waals surface area contributed by atoms with Crippen LogP contribution in [0.3, 0.4) is 0 Å². The number of benzene rings is 1. The lowest BCUT2D eigenvalue weighted by molar-refractivity contribution is -0.138. The van der Waals surface area contributed by atoms with E-state index in [2.05, 4.69) is 15.5 Å².